The Morgan fingerprint density at radius 3 is 2.51 bits per heavy atom. The van der Waals surface area contributed by atoms with Crippen molar-refractivity contribution in [2.45, 2.75) is 25.0 Å². The Morgan fingerprint density at radius 1 is 1.05 bits per heavy atom. The van der Waals surface area contributed by atoms with E-state index in [-0.39, 0.29) is 0 Å². The summed E-state index contributed by atoms with van der Waals surface area (Å²) in [5.41, 5.74) is 5.80. The molecule has 1 saturated heterocycles. The Kier molecular flexibility index (Phi) is 7.34. The first-order valence-corrected chi connectivity index (χ1v) is 14.0. The highest BCUT2D eigenvalue weighted by atomic mass is 35.5. The second-order valence-corrected chi connectivity index (χ2v) is 10.9. The zero-order chi connectivity index (χ0) is 28.4. The third kappa shape index (κ3) is 5.75. The fourth-order valence-electron chi connectivity index (χ4n) is 5.31. The van der Waals surface area contributed by atoms with Gasteiger partial charge < -0.3 is 20.2 Å². The number of nitrogens with one attached hydrogen (secondary N) is 1. The molecule has 5 aromatic rings. The van der Waals surface area contributed by atoms with Crippen molar-refractivity contribution in [2.75, 3.05) is 30.4 Å². The molecular formula is C32H32ClN7O. The summed E-state index contributed by atoms with van der Waals surface area (Å²) in [6.07, 6.45) is 6.78. The van der Waals surface area contributed by atoms with Crippen molar-refractivity contribution in [3.8, 4) is 0 Å². The minimum absolute atomic E-state index is 0.521. The number of halogens is 1. The molecule has 8 nitrogen and oxygen atoms in total. The van der Waals surface area contributed by atoms with Crippen molar-refractivity contribution in [3.05, 3.63) is 120 Å². The predicted molar refractivity (Wildman–Crippen MR) is 164 cm³/mol. The van der Waals surface area contributed by atoms with E-state index in [1.807, 2.05) is 80.1 Å². The molecule has 0 radical (unpaired) electrons. The van der Waals surface area contributed by atoms with Crippen molar-refractivity contribution in [1.82, 2.24) is 24.5 Å². The predicted octanol–water partition coefficient (Wildman–Crippen LogP) is 6.11. The first kappa shape index (κ1) is 26.8. The van der Waals surface area contributed by atoms with Crippen molar-refractivity contribution in [1.29, 1.82) is 0 Å². The number of rotatable bonds is 8. The second-order valence-electron chi connectivity index (χ2n) is 10.5. The van der Waals surface area contributed by atoms with Crippen LogP contribution in [0.1, 0.15) is 29.5 Å². The molecule has 9 heteroatoms. The van der Waals surface area contributed by atoms with Crippen LogP contribution in [0.4, 0.5) is 17.3 Å². The smallest absolute Gasteiger partial charge is 0.247 e. The zero-order valence-corrected chi connectivity index (χ0v) is 23.7. The van der Waals surface area contributed by atoms with Crippen LogP contribution in [0.25, 0.3) is 11.3 Å². The Labute approximate surface area is 244 Å². The maximum atomic E-state index is 11.3. The van der Waals surface area contributed by atoms with Gasteiger partial charge in [0.05, 0.1) is 11.3 Å². The van der Waals surface area contributed by atoms with Gasteiger partial charge in [-0.2, -0.15) is 4.98 Å². The van der Waals surface area contributed by atoms with Crippen LogP contribution >= 0.6 is 11.6 Å². The lowest BCUT2D eigenvalue weighted by molar-refractivity contribution is 0.0118. The van der Waals surface area contributed by atoms with Gasteiger partial charge in [0.1, 0.15) is 0 Å². The van der Waals surface area contributed by atoms with Crippen molar-refractivity contribution in [2.24, 2.45) is 0 Å². The molecule has 0 saturated carbocycles. The number of piperidine rings is 1. The minimum Gasteiger partial charge on any atom is -0.385 e. The highest BCUT2D eigenvalue weighted by molar-refractivity contribution is 6.30. The lowest BCUT2D eigenvalue weighted by Gasteiger charge is -2.39. The molecular weight excluding hydrogens is 534 g/mol. The number of aromatic nitrogens is 4. The maximum Gasteiger partial charge on any atom is 0.247 e. The number of benzene rings is 2. The summed E-state index contributed by atoms with van der Waals surface area (Å²) in [4.78, 5) is 13.4. The molecule has 4 heterocycles. The largest absolute Gasteiger partial charge is 0.385 e. The third-order valence-electron chi connectivity index (χ3n) is 7.73. The monoisotopic (exact) mass is 565 g/mol. The highest BCUT2D eigenvalue weighted by Gasteiger charge is 2.34. The molecule has 0 atom stereocenters. The van der Waals surface area contributed by atoms with E-state index in [1.54, 1.807) is 10.7 Å². The standard InChI is InChI=1S/C32H32ClN7O/c1-23(38(2)22-24-5-3-17-34-21-24)25-7-13-28(14-8-25)35-31-36-30-29(6-4-18-40(30)37-31)39-19-15-32(41,16-20-39)26-9-11-27(33)12-10-26/h3-14,17-18,21,41H,1,15-16,19-20,22H2,2H3,(H,35,37). The number of fused-ring (bicyclic) bond motifs is 1. The third-order valence-corrected chi connectivity index (χ3v) is 7.98. The summed E-state index contributed by atoms with van der Waals surface area (Å²) < 4.78 is 1.79. The van der Waals surface area contributed by atoms with Crippen LogP contribution < -0.4 is 10.2 Å². The summed E-state index contributed by atoms with van der Waals surface area (Å²) in [7, 11) is 2.03. The number of pyridine rings is 2. The van der Waals surface area contributed by atoms with E-state index in [0.29, 0.717) is 36.9 Å². The van der Waals surface area contributed by atoms with E-state index in [0.717, 1.165) is 46.0 Å². The minimum atomic E-state index is -0.864. The first-order chi connectivity index (χ1) is 19.9. The summed E-state index contributed by atoms with van der Waals surface area (Å²) >= 11 is 6.05. The topological polar surface area (TPSA) is 81.8 Å². The molecule has 1 aliphatic heterocycles. The molecule has 2 N–H and O–H groups in total. The van der Waals surface area contributed by atoms with Crippen LogP contribution in [-0.4, -0.2) is 49.7 Å². The SMILES string of the molecule is C=C(c1ccc(Nc2nc3c(N4CCC(O)(c5ccc(Cl)cc5)CC4)cccn3n2)cc1)N(C)Cc1cccnc1. The molecule has 0 amide bonds. The van der Waals surface area contributed by atoms with Gasteiger partial charge in [0, 0.05) is 61.7 Å². The van der Waals surface area contributed by atoms with Crippen molar-refractivity contribution >= 4 is 40.3 Å². The zero-order valence-electron chi connectivity index (χ0n) is 22.9. The van der Waals surface area contributed by atoms with Gasteiger partial charge in [-0.15, -0.1) is 5.10 Å². The number of hydrogen-bond donors (Lipinski definition) is 2. The van der Waals surface area contributed by atoms with Gasteiger partial charge in [0.25, 0.3) is 0 Å². The van der Waals surface area contributed by atoms with E-state index in [4.69, 9.17) is 16.6 Å². The Bertz CT molecular complexity index is 1640. The Balaban J connectivity index is 1.13. The molecule has 1 aliphatic rings. The fourth-order valence-corrected chi connectivity index (χ4v) is 5.44. The second kappa shape index (κ2) is 11.2. The van der Waals surface area contributed by atoms with Gasteiger partial charge in [-0.3, -0.25) is 4.98 Å². The van der Waals surface area contributed by atoms with Gasteiger partial charge in [0.2, 0.25) is 5.95 Å². The molecule has 0 bridgehead atoms. The average molecular weight is 566 g/mol. The van der Waals surface area contributed by atoms with E-state index >= 15 is 0 Å². The Hall–Kier alpha value is -4.40. The molecule has 0 aliphatic carbocycles. The maximum absolute atomic E-state index is 11.3. The fraction of sp³-hybridized carbons (Fsp3) is 0.219. The number of anilines is 3. The molecule has 2 aromatic carbocycles. The molecule has 208 valence electrons. The van der Waals surface area contributed by atoms with Crippen LogP contribution in [0.5, 0.6) is 0 Å². The van der Waals surface area contributed by atoms with Crippen LogP contribution in [0.2, 0.25) is 5.02 Å². The first-order valence-electron chi connectivity index (χ1n) is 13.6. The van der Waals surface area contributed by atoms with E-state index in [9.17, 15) is 5.11 Å². The highest BCUT2D eigenvalue weighted by Crippen LogP contribution is 2.36. The number of aliphatic hydroxyl groups is 1. The van der Waals surface area contributed by atoms with Gasteiger partial charge in [-0.25, -0.2) is 4.52 Å². The molecule has 0 spiro atoms. The average Bonchev–Trinajstić information content (AvgIpc) is 3.41. The number of hydrogen-bond acceptors (Lipinski definition) is 7. The molecule has 3 aromatic heterocycles. The summed E-state index contributed by atoms with van der Waals surface area (Å²) in [6, 6.07) is 23.6. The quantitative estimate of drug-likeness (QED) is 0.235. The summed E-state index contributed by atoms with van der Waals surface area (Å²) in [5.74, 6) is 0.521. The van der Waals surface area contributed by atoms with Crippen LogP contribution in [-0.2, 0) is 12.1 Å². The van der Waals surface area contributed by atoms with Gasteiger partial charge >= 0.3 is 0 Å². The van der Waals surface area contributed by atoms with Crippen LogP contribution in [0, 0.1) is 0 Å². The van der Waals surface area contributed by atoms with E-state index in [2.05, 4.69) is 43.9 Å². The van der Waals surface area contributed by atoms with Gasteiger partial charge in [0.15, 0.2) is 5.65 Å². The van der Waals surface area contributed by atoms with Crippen LogP contribution in [0.15, 0.2) is 98.0 Å². The lowest BCUT2D eigenvalue weighted by atomic mass is 9.84. The van der Waals surface area contributed by atoms with Gasteiger partial charge in [-0.1, -0.05) is 48.5 Å². The summed E-state index contributed by atoms with van der Waals surface area (Å²) in [6.45, 7) is 6.42. The van der Waals surface area contributed by atoms with Gasteiger partial charge in [-0.05, 0) is 72.0 Å². The van der Waals surface area contributed by atoms with Crippen LogP contribution in [0.3, 0.4) is 0 Å². The normalized spacial score (nSPS) is 14.7. The Morgan fingerprint density at radius 2 is 1.80 bits per heavy atom. The molecule has 41 heavy (non-hydrogen) atoms. The van der Waals surface area contributed by atoms with Crippen molar-refractivity contribution in [3.63, 3.8) is 0 Å². The molecule has 0 unspecified atom stereocenters. The number of nitrogens with zero attached hydrogens (tertiary/aromatic N) is 6. The molecule has 6 rings (SSSR count). The van der Waals surface area contributed by atoms with E-state index in [1.165, 1.54) is 0 Å². The van der Waals surface area contributed by atoms with E-state index < -0.39 is 5.60 Å². The molecule has 1 fully saturated rings. The lowest BCUT2D eigenvalue weighted by Crippen LogP contribution is -2.42. The van der Waals surface area contributed by atoms with Crippen molar-refractivity contribution < 1.29 is 5.11 Å². The summed E-state index contributed by atoms with van der Waals surface area (Å²) in [5, 5.41) is 20.0.